The average molecular weight is 555 g/mol. The molecule has 0 bridgehead atoms. The van der Waals surface area contributed by atoms with Crippen molar-refractivity contribution in [3.05, 3.63) is 90.0 Å². The van der Waals surface area contributed by atoms with Crippen molar-refractivity contribution in [1.82, 2.24) is 10.6 Å². The van der Waals surface area contributed by atoms with Crippen LogP contribution in [0.3, 0.4) is 0 Å². The van der Waals surface area contributed by atoms with Crippen molar-refractivity contribution in [2.45, 2.75) is 49.6 Å². The molecule has 1 amide bonds. The third-order valence-electron chi connectivity index (χ3n) is 6.42. The molecule has 8 nitrogen and oxygen atoms in total. The Labute approximate surface area is 231 Å². The lowest BCUT2D eigenvalue weighted by Crippen LogP contribution is -2.52. The van der Waals surface area contributed by atoms with Gasteiger partial charge in [0.1, 0.15) is 16.9 Å². The second-order valence-corrected chi connectivity index (χ2v) is 11.8. The number of rotatable bonds is 14. The number of hydrogen-bond donors (Lipinski definition) is 3. The van der Waals surface area contributed by atoms with Crippen molar-refractivity contribution in [2.75, 3.05) is 20.3 Å². The molecule has 3 rings (SSSR count). The second-order valence-electron chi connectivity index (χ2n) is 9.78. The SMILES string of the molecule is COc1ccc(S(=O)(=O)C(NC[C@@H](O)[C@H](Cc2ccccc2)NC(=O)COc2ccccc2C)C(C)C)cc1. The molecule has 3 atom stereocenters. The highest BCUT2D eigenvalue weighted by atomic mass is 32.2. The Morgan fingerprint density at radius 3 is 2.21 bits per heavy atom. The molecule has 0 aliphatic rings. The molecule has 3 aromatic rings. The number of benzene rings is 3. The van der Waals surface area contributed by atoms with Crippen molar-refractivity contribution >= 4 is 15.7 Å². The minimum Gasteiger partial charge on any atom is -0.497 e. The molecule has 0 aromatic heterocycles. The lowest BCUT2D eigenvalue weighted by Gasteiger charge is -2.28. The average Bonchev–Trinajstić information content (AvgIpc) is 2.92. The van der Waals surface area contributed by atoms with Gasteiger partial charge in [-0.1, -0.05) is 62.4 Å². The molecule has 3 aromatic carbocycles. The van der Waals surface area contributed by atoms with Crippen LogP contribution in [0.5, 0.6) is 11.5 Å². The molecular formula is C30H38N2O6S. The highest BCUT2D eigenvalue weighted by molar-refractivity contribution is 7.92. The maximum atomic E-state index is 13.4. The zero-order chi connectivity index (χ0) is 28.4. The Hall–Kier alpha value is -3.40. The largest absolute Gasteiger partial charge is 0.497 e. The van der Waals surface area contributed by atoms with Gasteiger partial charge in [0.2, 0.25) is 0 Å². The number of aliphatic hydroxyl groups excluding tert-OH is 1. The summed E-state index contributed by atoms with van der Waals surface area (Å²) in [6, 6.07) is 22.4. The first-order chi connectivity index (χ1) is 18.6. The normalized spacial score (nSPS) is 13.9. The number of carbonyl (C=O) groups is 1. The second kappa shape index (κ2) is 14.1. The first-order valence-electron chi connectivity index (χ1n) is 12.9. The minimum absolute atomic E-state index is 0.0470. The van der Waals surface area contributed by atoms with Crippen LogP contribution in [-0.4, -0.2) is 57.2 Å². The minimum atomic E-state index is -3.76. The number of aliphatic hydroxyl groups is 1. The summed E-state index contributed by atoms with van der Waals surface area (Å²) in [6.45, 7) is 5.24. The van der Waals surface area contributed by atoms with Crippen molar-refractivity contribution in [3.63, 3.8) is 0 Å². The van der Waals surface area contributed by atoms with Gasteiger partial charge in [0.15, 0.2) is 16.4 Å². The van der Waals surface area contributed by atoms with Gasteiger partial charge in [-0.05, 0) is 60.7 Å². The zero-order valence-electron chi connectivity index (χ0n) is 22.8. The standard InChI is InChI=1S/C30H38N2O6S/c1-21(2)30(39(35,36)25-16-14-24(37-4)15-17-25)31-19-27(33)26(18-23-11-6-5-7-12-23)32-29(34)20-38-28-13-9-8-10-22(28)3/h5-17,21,26-27,30-31,33H,18-20H2,1-4H3,(H,32,34)/t26-,27+,30?/m0/s1. The zero-order valence-corrected chi connectivity index (χ0v) is 23.6. The van der Waals surface area contributed by atoms with E-state index in [0.717, 1.165) is 11.1 Å². The number of ether oxygens (including phenoxy) is 2. The fraction of sp³-hybridized carbons (Fsp3) is 0.367. The van der Waals surface area contributed by atoms with Crippen molar-refractivity contribution in [3.8, 4) is 11.5 Å². The summed E-state index contributed by atoms with van der Waals surface area (Å²) in [6.07, 6.45) is -0.711. The van der Waals surface area contributed by atoms with Crippen LogP contribution in [0.1, 0.15) is 25.0 Å². The van der Waals surface area contributed by atoms with Gasteiger partial charge in [0.25, 0.3) is 5.91 Å². The topological polar surface area (TPSA) is 114 Å². The fourth-order valence-electron chi connectivity index (χ4n) is 4.26. The predicted molar refractivity (Wildman–Crippen MR) is 152 cm³/mol. The van der Waals surface area contributed by atoms with Crippen LogP contribution in [0, 0.1) is 12.8 Å². The quantitative estimate of drug-likeness (QED) is 0.279. The first kappa shape index (κ1) is 30.1. The summed E-state index contributed by atoms with van der Waals surface area (Å²) in [7, 11) is -2.24. The summed E-state index contributed by atoms with van der Waals surface area (Å²) in [5, 5.41) is 16.1. The van der Waals surface area contributed by atoms with Crippen LogP contribution in [0.2, 0.25) is 0 Å². The number of carbonyl (C=O) groups excluding carboxylic acids is 1. The number of hydrogen-bond acceptors (Lipinski definition) is 7. The summed E-state index contributed by atoms with van der Waals surface area (Å²) in [4.78, 5) is 13.0. The van der Waals surface area contributed by atoms with Crippen LogP contribution in [0.25, 0.3) is 0 Å². The van der Waals surface area contributed by atoms with E-state index in [-0.39, 0.29) is 29.9 Å². The van der Waals surface area contributed by atoms with Gasteiger partial charge in [-0.2, -0.15) is 0 Å². The number of nitrogens with one attached hydrogen (secondary N) is 2. The van der Waals surface area contributed by atoms with E-state index in [0.29, 0.717) is 17.9 Å². The van der Waals surface area contributed by atoms with Gasteiger partial charge >= 0.3 is 0 Å². The molecule has 9 heteroatoms. The number of sulfone groups is 1. The molecule has 0 radical (unpaired) electrons. The van der Waals surface area contributed by atoms with Gasteiger partial charge in [0, 0.05) is 6.54 Å². The van der Waals surface area contributed by atoms with Crippen LogP contribution in [0.4, 0.5) is 0 Å². The molecule has 3 N–H and O–H groups in total. The predicted octanol–water partition coefficient (Wildman–Crippen LogP) is 3.52. The number of amides is 1. The van der Waals surface area contributed by atoms with Crippen LogP contribution in [-0.2, 0) is 21.1 Å². The van der Waals surface area contributed by atoms with E-state index < -0.39 is 27.4 Å². The van der Waals surface area contributed by atoms with Gasteiger partial charge < -0.3 is 19.9 Å². The summed E-state index contributed by atoms with van der Waals surface area (Å²) < 4.78 is 37.6. The molecular weight excluding hydrogens is 516 g/mol. The van der Waals surface area contributed by atoms with E-state index in [1.165, 1.54) is 19.2 Å². The van der Waals surface area contributed by atoms with E-state index in [1.807, 2.05) is 55.5 Å². The molecule has 0 saturated carbocycles. The molecule has 1 unspecified atom stereocenters. The number of methoxy groups -OCH3 is 1. The van der Waals surface area contributed by atoms with E-state index in [4.69, 9.17) is 9.47 Å². The van der Waals surface area contributed by atoms with E-state index in [9.17, 15) is 18.3 Å². The van der Waals surface area contributed by atoms with Crippen molar-refractivity contribution in [2.24, 2.45) is 5.92 Å². The summed E-state index contributed by atoms with van der Waals surface area (Å²) in [5.74, 6) is 0.501. The molecule has 39 heavy (non-hydrogen) atoms. The van der Waals surface area contributed by atoms with Gasteiger partial charge in [-0.3, -0.25) is 10.1 Å². The van der Waals surface area contributed by atoms with Crippen LogP contribution < -0.4 is 20.1 Å². The lowest BCUT2D eigenvalue weighted by molar-refractivity contribution is -0.124. The van der Waals surface area contributed by atoms with Crippen molar-refractivity contribution < 1.29 is 27.8 Å². The molecule has 0 heterocycles. The van der Waals surface area contributed by atoms with Gasteiger partial charge in [-0.25, -0.2) is 8.42 Å². The Bertz CT molecular complexity index is 1300. The molecule has 0 fully saturated rings. The summed E-state index contributed by atoms with van der Waals surface area (Å²) >= 11 is 0. The Balaban J connectivity index is 1.71. The van der Waals surface area contributed by atoms with E-state index in [1.54, 1.807) is 32.0 Å². The van der Waals surface area contributed by atoms with Gasteiger partial charge in [0.05, 0.1) is 24.2 Å². The van der Waals surface area contributed by atoms with E-state index in [2.05, 4.69) is 10.6 Å². The van der Waals surface area contributed by atoms with E-state index >= 15 is 0 Å². The number of para-hydroxylation sites is 1. The highest BCUT2D eigenvalue weighted by Crippen LogP contribution is 2.23. The van der Waals surface area contributed by atoms with Crippen molar-refractivity contribution in [1.29, 1.82) is 0 Å². The maximum Gasteiger partial charge on any atom is 0.258 e. The Kier molecular flexibility index (Phi) is 10.9. The first-order valence-corrected chi connectivity index (χ1v) is 14.5. The third-order valence-corrected chi connectivity index (χ3v) is 8.73. The molecule has 0 aliphatic heterocycles. The van der Waals surface area contributed by atoms with Gasteiger partial charge in [-0.15, -0.1) is 0 Å². The smallest absolute Gasteiger partial charge is 0.258 e. The fourth-order valence-corrected chi connectivity index (χ4v) is 6.10. The molecule has 0 aliphatic carbocycles. The third kappa shape index (κ3) is 8.54. The van der Waals surface area contributed by atoms with Crippen LogP contribution >= 0.6 is 0 Å². The lowest BCUT2D eigenvalue weighted by atomic mass is 10.0. The monoisotopic (exact) mass is 554 g/mol. The Morgan fingerprint density at radius 1 is 0.949 bits per heavy atom. The molecule has 210 valence electrons. The maximum absolute atomic E-state index is 13.4. The molecule has 0 saturated heterocycles. The number of aryl methyl sites for hydroxylation is 1. The van der Waals surface area contributed by atoms with Crippen LogP contribution in [0.15, 0.2) is 83.8 Å². The molecule has 0 spiro atoms. The highest BCUT2D eigenvalue weighted by Gasteiger charge is 2.32. The Morgan fingerprint density at radius 2 is 1.59 bits per heavy atom. The summed E-state index contributed by atoms with van der Waals surface area (Å²) in [5.41, 5.74) is 1.83.